The van der Waals surface area contributed by atoms with E-state index in [0.717, 1.165) is 22.7 Å². The molecule has 1 fully saturated rings. The average Bonchev–Trinajstić information content (AvgIpc) is 3.50. The minimum Gasteiger partial charge on any atom is -0.507 e. The summed E-state index contributed by atoms with van der Waals surface area (Å²) in [5, 5.41) is 11.6. The van der Waals surface area contributed by atoms with E-state index in [1.54, 1.807) is 43.3 Å². The van der Waals surface area contributed by atoms with Gasteiger partial charge in [0.1, 0.15) is 16.4 Å². The van der Waals surface area contributed by atoms with Gasteiger partial charge in [-0.2, -0.15) is 0 Å². The van der Waals surface area contributed by atoms with Crippen LogP contribution in [0.1, 0.15) is 45.9 Å². The van der Waals surface area contributed by atoms with Gasteiger partial charge in [-0.05, 0) is 43.2 Å². The van der Waals surface area contributed by atoms with Gasteiger partial charge in [0.2, 0.25) is 5.75 Å². The van der Waals surface area contributed by atoms with Crippen molar-refractivity contribution in [3.05, 3.63) is 63.7 Å². The Morgan fingerprint density at radius 2 is 1.73 bits per heavy atom. The maximum absolute atomic E-state index is 13.6. The number of carbonyl (C=O) groups is 3. The van der Waals surface area contributed by atoms with Crippen molar-refractivity contribution in [1.29, 1.82) is 0 Å². The van der Waals surface area contributed by atoms with Gasteiger partial charge in [-0.1, -0.05) is 30.4 Å². The molecule has 0 aliphatic carbocycles. The highest BCUT2D eigenvalue weighted by atomic mass is 32.1. The summed E-state index contributed by atoms with van der Waals surface area (Å²) < 4.78 is 27.0. The number of ether oxygens (including phenoxy) is 5. The van der Waals surface area contributed by atoms with Crippen LogP contribution in [0.15, 0.2) is 42.0 Å². The fourth-order valence-electron chi connectivity index (χ4n) is 4.48. The van der Waals surface area contributed by atoms with Crippen LogP contribution in [0.5, 0.6) is 23.0 Å². The van der Waals surface area contributed by atoms with Crippen LogP contribution in [0.4, 0.5) is 5.13 Å². The van der Waals surface area contributed by atoms with Crippen LogP contribution in [-0.4, -0.2) is 62.8 Å². The predicted octanol–water partition coefficient (Wildman–Crippen LogP) is 4.68. The standard InChI is InChI=1S/C29H30N2O9S/c1-7-11-40-18-10-8-9-16(12-18)23(32)21-22(17-13-19(36-3)25(38-5)20(14-17)37-4)31(27(34)24(21)33)29-30-15(2)26(41-29)28(35)39-6/h8-10,12-14,22,32H,7,11H2,1-6H3. The maximum Gasteiger partial charge on any atom is 0.350 e. The molecule has 1 aliphatic rings. The molecule has 12 heteroatoms. The minimum absolute atomic E-state index is 0.0721. The number of methoxy groups -OCH3 is 4. The van der Waals surface area contributed by atoms with Gasteiger partial charge in [0.05, 0.1) is 52.4 Å². The Morgan fingerprint density at radius 1 is 1.05 bits per heavy atom. The van der Waals surface area contributed by atoms with E-state index >= 15 is 0 Å². The Kier molecular flexibility index (Phi) is 8.82. The highest BCUT2D eigenvalue weighted by molar-refractivity contribution is 7.17. The predicted molar refractivity (Wildman–Crippen MR) is 151 cm³/mol. The van der Waals surface area contributed by atoms with Crippen molar-refractivity contribution < 1.29 is 43.2 Å². The third-order valence-electron chi connectivity index (χ3n) is 6.39. The lowest BCUT2D eigenvalue weighted by atomic mass is 9.94. The second kappa shape index (κ2) is 12.3. The molecule has 216 valence electrons. The topological polar surface area (TPSA) is 134 Å². The summed E-state index contributed by atoms with van der Waals surface area (Å²) in [6, 6.07) is 8.61. The molecule has 1 N–H and O–H groups in total. The monoisotopic (exact) mass is 582 g/mol. The molecule has 0 spiro atoms. The largest absolute Gasteiger partial charge is 0.507 e. The molecule has 1 amide bonds. The molecular weight excluding hydrogens is 552 g/mol. The average molecular weight is 583 g/mol. The molecule has 0 bridgehead atoms. The van der Waals surface area contributed by atoms with Gasteiger partial charge in [0.25, 0.3) is 5.78 Å². The van der Waals surface area contributed by atoms with Gasteiger partial charge in [-0.15, -0.1) is 0 Å². The van der Waals surface area contributed by atoms with E-state index in [0.29, 0.717) is 29.4 Å². The number of hydrogen-bond donors (Lipinski definition) is 1. The normalized spacial score (nSPS) is 16.0. The van der Waals surface area contributed by atoms with E-state index in [9.17, 15) is 19.5 Å². The first-order valence-corrected chi connectivity index (χ1v) is 13.4. The molecule has 4 rings (SSSR count). The van der Waals surface area contributed by atoms with Crippen LogP contribution >= 0.6 is 11.3 Å². The number of anilines is 1. The number of amides is 1. The van der Waals surface area contributed by atoms with Gasteiger partial charge in [-0.3, -0.25) is 14.5 Å². The van der Waals surface area contributed by atoms with Gasteiger partial charge >= 0.3 is 11.9 Å². The number of thiazole rings is 1. The molecule has 0 saturated carbocycles. The molecule has 2 heterocycles. The first-order valence-electron chi connectivity index (χ1n) is 12.6. The Morgan fingerprint density at radius 3 is 2.32 bits per heavy atom. The van der Waals surface area contributed by atoms with Crippen LogP contribution in [0.25, 0.3) is 5.76 Å². The zero-order valence-electron chi connectivity index (χ0n) is 23.5. The number of hydrogen-bond acceptors (Lipinski definition) is 11. The molecule has 2 aromatic carbocycles. The molecule has 0 radical (unpaired) electrons. The number of Topliss-reactive ketones (excluding diaryl/α,β-unsaturated/α-hetero) is 1. The fourth-order valence-corrected chi connectivity index (χ4v) is 5.49. The number of aliphatic hydroxyl groups excluding tert-OH is 1. The SMILES string of the molecule is CCCOc1cccc(C(O)=C2C(=O)C(=O)N(c3nc(C)c(C(=O)OC)s3)C2c2cc(OC)c(OC)c(OC)c2)c1. The highest BCUT2D eigenvalue weighted by Gasteiger charge is 2.49. The minimum atomic E-state index is -1.17. The van der Waals surface area contributed by atoms with E-state index in [1.807, 2.05) is 6.92 Å². The van der Waals surface area contributed by atoms with E-state index in [-0.39, 0.29) is 32.6 Å². The number of aromatic nitrogens is 1. The summed E-state index contributed by atoms with van der Waals surface area (Å²) in [6.45, 7) is 4.03. The number of benzene rings is 2. The van der Waals surface area contributed by atoms with Crippen molar-refractivity contribution in [1.82, 2.24) is 4.98 Å². The summed E-state index contributed by atoms with van der Waals surface area (Å²) in [5.74, 6) is -1.57. The maximum atomic E-state index is 13.6. The summed E-state index contributed by atoms with van der Waals surface area (Å²) >= 11 is 0.898. The van der Waals surface area contributed by atoms with Crippen LogP contribution < -0.4 is 23.8 Å². The smallest absolute Gasteiger partial charge is 0.350 e. The Balaban J connectivity index is 1.99. The zero-order valence-corrected chi connectivity index (χ0v) is 24.3. The van der Waals surface area contributed by atoms with Crippen LogP contribution in [0.3, 0.4) is 0 Å². The molecule has 1 atom stereocenters. The number of aryl methyl sites for hydroxylation is 1. The molecule has 11 nitrogen and oxygen atoms in total. The summed E-state index contributed by atoms with van der Waals surface area (Å²) in [5.41, 5.74) is 0.776. The Hall–Kier alpha value is -4.58. The number of rotatable bonds is 10. The summed E-state index contributed by atoms with van der Waals surface area (Å²) in [7, 11) is 5.56. The summed E-state index contributed by atoms with van der Waals surface area (Å²) in [4.78, 5) is 45.3. The lowest BCUT2D eigenvalue weighted by Crippen LogP contribution is -2.29. The molecule has 41 heavy (non-hydrogen) atoms. The van der Waals surface area contributed by atoms with Crippen LogP contribution in [0, 0.1) is 6.92 Å². The summed E-state index contributed by atoms with van der Waals surface area (Å²) in [6.07, 6.45) is 0.781. The van der Waals surface area contributed by atoms with Crippen molar-refractivity contribution in [2.75, 3.05) is 39.9 Å². The third-order valence-corrected chi connectivity index (χ3v) is 7.53. The van der Waals surface area contributed by atoms with Crippen molar-refractivity contribution >= 4 is 39.9 Å². The first-order chi connectivity index (χ1) is 19.7. The van der Waals surface area contributed by atoms with E-state index in [4.69, 9.17) is 23.7 Å². The van der Waals surface area contributed by atoms with Gasteiger partial charge in [0, 0.05) is 5.56 Å². The van der Waals surface area contributed by atoms with E-state index in [1.165, 1.54) is 28.4 Å². The van der Waals surface area contributed by atoms with Crippen LogP contribution in [-0.2, 0) is 14.3 Å². The van der Waals surface area contributed by atoms with Crippen molar-refractivity contribution in [3.8, 4) is 23.0 Å². The molecule has 3 aromatic rings. The Labute approximate surface area is 240 Å². The second-order valence-corrected chi connectivity index (χ2v) is 9.88. The molecule has 1 saturated heterocycles. The van der Waals surface area contributed by atoms with Gasteiger partial charge in [0.15, 0.2) is 16.6 Å². The van der Waals surface area contributed by atoms with Crippen molar-refractivity contribution in [2.24, 2.45) is 0 Å². The zero-order chi connectivity index (χ0) is 29.8. The van der Waals surface area contributed by atoms with Crippen LogP contribution in [0.2, 0.25) is 0 Å². The van der Waals surface area contributed by atoms with Crippen molar-refractivity contribution in [3.63, 3.8) is 0 Å². The number of carbonyl (C=O) groups excluding carboxylic acids is 3. The highest BCUT2D eigenvalue weighted by Crippen LogP contribution is 2.48. The lowest BCUT2D eigenvalue weighted by molar-refractivity contribution is -0.132. The molecule has 1 aliphatic heterocycles. The number of nitrogens with zero attached hydrogens (tertiary/aromatic N) is 2. The van der Waals surface area contributed by atoms with E-state index < -0.39 is 29.5 Å². The molecular formula is C29H30N2O9S. The van der Waals surface area contributed by atoms with Gasteiger partial charge in [-0.25, -0.2) is 9.78 Å². The quantitative estimate of drug-likeness (QED) is 0.155. The van der Waals surface area contributed by atoms with E-state index in [2.05, 4.69) is 4.98 Å². The number of ketones is 1. The van der Waals surface area contributed by atoms with Crippen molar-refractivity contribution in [2.45, 2.75) is 26.3 Å². The molecule has 1 aromatic heterocycles. The third kappa shape index (κ3) is 5.42. The lowest BCUT2D eigenvalue weighted by Gasteiger charge is -2.24. The number of aliphatic hydroxyl groups is 1. The first kappa shape index (κ1) is 29.4. The molecule has 1 unspecified atom stereocenters. The second-order valence-electron chi connectivity index (χ2n) is 8.91. The number of esters is 1. The fraction of sp³-hybridized carbons (Fsp3) is 0.310. The Bertz CT molecular complexity index is 1500. The van der Waals surface area contributed by atoms with Gasteiger partial charge < -0.3 is 28.8 Å².